The lowest BCUT2D eigenvalue weighted by atomic mass is 10.1. The molecular formula is C12H16BrNO2S. The molecule has 94 valence electrons. The van der Waals surface area contributed by atoms with Gasteiger partial charge in [0.05, 0.1) is 15.8 Å². The van der Waals surface area contributed by atoms with E-state index in [9.17, 15) is 8.42 Å². The van der Waals surface area contributed by atoms with Crippen LogP contribution in [-0.2, 0) is 9.84 Å². The minimum absolute atomic E-state index is 0.111. The summed E-state index contributed by atoms with van der Waals surface area (Å²) < 4.78 is 25.8. The van der Waals surface area contributed by atoms with Crippen LogP contribution in [-0.4, -0.2) is 20.2 Å². The fraction of sp³-hybridized carbons (Fsp3) is 0.500. The molecule has 0 saturated carbocycles. The van der Waals surface area contributed by atoms with Crippen molar-refractivity contribution in [2.75, 3.05) is 11.9 Å². The highest BCUT2D eigenvalue weighted by Crippen LogP contribution is 2.38. The average Bonchev–Trinajstić information content (AvgIpc) is 2.18. The fourth-order valence-corrected chi connectivity index (χ4v) is 5.18. The molecule has 1 aromatic carbocycles. The molecule has 0 bridgehead atoms. The van der Waals surface area contributed by atoms with Gasteiger partial charge in [-0.2, -0.15) is 0 Å². The van der Waals surface area contributed by atoms with E-state index < -0.39 is 9.84 Å². The Bertz CT molecular complexity index is 552. The van der Waals surface area contributed by atoms with Crippen molar-refractivity contribution in [3.8, 4) is 0 Å². The predicted molar refractivity (Wildman–Crippen MR) is 73.2 cm³/mol. The highest BCUT2D eigenvalue weighted by atomic mass is 79.9. The van der Waals surface area contributed by atoms with Crippen LogP contribution in [0.25, 0.3) is 0 Å². The van der Waals surface area contributed by atoms with Gasteiger partial charge in [0.15, 0.2) is 9.84 Å². The molecule has 0 fully saturated rings. The van der Waals surface area contributed by atoms with Crippen molar-refractivity contribution in [2.45, 2.75) is 30.9 Å². The summed E-state index contributed by atoms with van der Waals surface area (Å²) in [5, 5.41) is 2.88. The first kappa shape index (κ1) is 12.9. The quantitative estimate of drug-likeness (QED) is 0.866. The summed E-state index contributed by atoms with van der Waals surface area (Å²) in [5.74, 6) is 0.111. The van der Waals surface area contributed by atoms with E-state index in [1.54, 1.807) is 6.07 Å². The fourth-order valence-electron chi connectivity index (χ4n) is 2.18. The van der Waals surface area contributed by atoms with Gasteiger partial charge in [-0.1, -0.05) is 13.8 Å². The van der Waals surface area contributed by atoms with Gasteiger partial charge in [-0.15, -0.1) is 0 Å². The zero-order valence-electron chi connectivity index (χ0n) is 10.1. The molecule has 0 radical (unpaired) electrons. The van der Waals surface area contributed by atoms with Gasteiger partial charge in [-0.05, 0) is 46.5 Å². The van der Waals surface area contributed by atoms with Crippen molar-refractivity contribution in [1.82, 2.24) is 0 Å². The Morgan fingerprint density at radius 2 is 2.06 bits per heavy atom. The predicted octanol–water partition coefficient (Wildman–Crippen LogP) is 2.98. The molecule has 1 aliphatic rings. The molecule has 0 aliphatic carbocycles. The number of halogens is 1. The second-order valence-electron chi connectivity index (χ2n) is 4.83. The number of aryl methyl sites for hydroxylation is 1. The summed E-state index contributed by atoms with van der Waals surface area (Å²) in [5.41, 5.74) is 1.65. The number of hydrogen-bond acceptors (Lipinski definition) is 3. The van der Waals surface area contributed by atoms with E-state index >= 15 is 0 Å². The molecule has 17 heavy (non-hydrogen) atoms. The van der Waals surface area contributed by atoms with Gasteiger partial charge in [0, 0.05) is 11.0 Å². The summed E-state index contributed by atoms with van der Waals surface area (Å²) in [4.78, 5) is 0.425. The molecule has 1 atom stereocenters. The SMILES string of the molecule is Cc1cc(Br)c2c(c1)S(=O)(=O)C(C(C)C)CN2. The van der Waals surface area contributed by atoms with Gasteiger partial charge in [0.2, 0.25) is 0 Å². The molecule has 5 heteroatoms. The maximum Gasteiger partial charge on any atom is 0.185 e. The normalized spacial score (nSPS) is 22.1. The van der Waals surface area contributed by atoms with Crippen molar-refractivity contribution in [3.05, 3.63) is 22.2 Å². The molecule has 2 rings (SSSR count). The van der Waals surface area contributed by atoms with Gasteiger partial charge in [-0.3, -0.25) is 0 Å². The Labute approximate surface area is 111 Å². The number of fused-ring (bicyclic) bond motifs is 1. The maximum atomic E-state index is 12.5. The van der Waals surface area contributed by atoms with E-state index in [1.165, 1.54) is 0 Å². The van der Waals surface area contributed by atoms with Crippen LogP contribution in [0.5, 0.6) is 0 Å². The minimum Gasteiger partial charge on any atom is -0.382 e. The van der Waals surface area contributed by atoms with Crippen molar-refractivity contribution in [1.29, 1.82) is 0 Å². The van der Waals surface area contributed by atoms with Crippen molar-refractivity contribution >= 4 is 31.5 Å². The topological polar surface area (TPSA) is 46.2 Å². The smallest absolute Gasteiger partial charge is 0.185 e. The van der Waals surface area contributed by atoms with E-state index in [-0.39, 0.29) is 11.2 Å². The van der Waals surface area contributed by atoms with Crippen molar-refractivity contribution < 1.29 is 8.42 Å². The molecule has 0 amide bonds. The first-order valence-electron chi connectivity index (χ1n) is 5.62. The molecule has 0 spiro atoms. The first-order valence-corrected chi connectivity index (χ1v) is 7.96. The number of hydrogen-bond donors (Lipinski definition) is 1. The Morgan fingerprint density at radius 1 is 1.41 bits per heavy atom. The van der Waals surface area contributed by atoms with Crippen LogP contribution in [0, 0.1) is 12.8 Å². The number of sulfone groups is 1. The third-order valence-electron chi connectivity index (χ3n) is 3.13. The number of anilines is 1. The highest BCUT2D eigenvalue weighted by molar-refractivity contribution is 9.10. The van der Waals surface area contributed by atoms with Crippen LogP contribution < -0.4 is 5.32 Å². The molecule has 0 aromatic heterocycles. The number of rotatable bonds is 1. The van der Waals surface area contributed by atoms with Gasteiger partial charge in [0.25, 0.3) is 0 Å². The Kier molecular flexibility index (Phi) is 3.25. The third-order valence-corrected chi connectivity index (χ3v) is 6.20. The van der Waals surface area contributed by atoms with E-state index in [1.807, 2.05) is 26.8 Å². The molecule has 1 aliphatic heterocycles. The lowest BCUT2D eigenvalue weighted by Crippen LogP contribution is -2.38. The van der Waals surface area contributed by atoms with Crippen LogP contribution in [0.3, 0.4) is 0 Å². The van der Waals surface area contributed by atoms with Crippen LogP contribution >= 0.6 is 15.9 Å². The average molecular weight is 318 g/mol. The minimum atomic E-state index is -3.22. The van der Waals surface area contributed by atoms with E-state index in [0.29, 0.717) is 17.1 Å². The zero-order chi connectivity index (χ0) is 12.8. The van der Waals surface area contributed by atoms with Crippen LogP contribution in [0.4, 0.5) is 5.69 Å². The summed E-state index contributed by atoms with van der Waals surface area (Å²) in [7, 11) is -3.22. The van der Waals surface area contributed by atoms with Crippen molar-refractivity contribution in [2.24, 2.45) is 5.92 Å². The molecule has 3 nitrogen and oxygen atoms in total. The Balaban J connectivity index is 2.65. The monoisotopic (exact) mass is 317 g/mol. The molecule has 1 heterocycles. The van der Waals surface area contributed by atoms with Gasteiger partial charge >= 0.3 is 0 Å². The first-order chi connectivity index (χ1) is 7.84. The highest BCUT2D eigenvalue weighted by Gasteiger charge is 2.36. The van der Waals surface area contributed by atoms with Crippen LogP contribution in [0.15, 0.2) is 21.5 Å². The number of nitrogens with one attached hydrogen (secondary N) is 1. The van der Waals surface area contributed by atoms with E-state index in [4.69, 9.17) is 0 Å². The lowest BCUT2D eigenvalue weighted by Gasteiger charge is -2.29. The molecular weight excluding hydrogens is 302 g/mol. The number of benzene rings is 1. The second kappa shape index (κ2) is 4.28. The molecule has 1 unspecified atom stereocenters. The molecule has 1 N–H and O–H groups in total. The summed E-state index contributed by atoms with van der Waals surface area (Å²) in [6.45, 7) is 6.27. The summed E-state index contributed by atoms with van der Waals surface area (Å²) in [6.07, 6.45) is 0. The zero-order valence-corrected chi connectivity index (χ0v) is 12.5. The van der Waals surface area contributed by atoms with Crippen LogP contribution in [0.2, 0.25) is 0 Å². The lowest BCUT2D eigenvalue weighted by molar-refractivity contribution is 0.533. The van der Waals surface area contributed by atoms with Gasteiger partial charge < -0.3 is 5.32 Å². The standard InChI is InChI=1S/C12H16BrNO2S/c1-7(2)11-6-14-12-9(13)4-8(3)5-10(12)17(11,15)16/h4-5,7,11,14H,6H2,1-3H3. The summed E-state index contributed by atoms with van der Waals surface area (Å²) in [6, 6.07) is 3.67. The Hall–Kier alpha value is -0.550. The molecule has 0 saturated heterocycles. The largest absolute Gasteiger partial charge is 0.382 e. The van der Waals surface area contributed by atoms with E-state index in [2.05, 4.69) is 21.2 Å². The second-order valence-corrected chi connectivity index (χ2v) is 7.82. The van der Waals surface area contributed by atoms with Crippen LogP contribution in [0.1, 0.15) is 19.4 Å². The Morgan fingerprint density at radius 3 is 2.65 bits per heavy atom. The van der Waals surface area contributed by atoms with Crippen molar-refractivity contribution in [3.63, 3.8) is 0 Å². The molecule has 1 aromatic rings. The van der Waals surface area contributed by atoms with E-state index in [0.717, 1.165) is 10.0 Å². The van der Waals surface area contributed by atoms with Gasteiger partial charge in [0.1, 0.15) is 0 Å². The maximum absolute atomic E-state index is 12.5. The van der Waals surface area contributed by atoms with Gasteiger partial charge in [-0.25, -0.2) is 8.42 Å². The third kappa shape index (κ3) is 2.10. The summed E-state index contributed by atoms with van der Waals surface area (Å²) >= 11 is 3.41.